The molecule has 3 aromatic heterocycles. The predicted octanol–water partition coefficient (Wildman–Crippen LogP) is 0.0935. The number of anilines is 1. The summed E-state index contributed by atoms with van der Waals surface area (Å²) in [6.45, 7) is 0.506. The lowest BCUT2D eigenvalue weighted by Crippen LogP contribution is -2.04. The van der Waals surface area contributed by atoms with Gasteiger partial charge in [-0.1, -0.05) is 0 Å². The number of aromatic nitrogens is 7. The lowest BCUT2D eigenvalue weighted by atomic mass is 10.4. The lowest BCUT2D eigenvalue weighted by Gasteiger charge is -2.02. The van der Waals surface area contributed by atoms with Gasteiger partial charge in [-0.3, -0.25) is 4.68 Å². The Bertz CT molecular complexity index is 639. The molecule has 0 spiro atoms. The molecular formula is C9H10N8. The third-order valence-electron chi connectivity index (χ3n) is 2.28. The molecule has 3 rings (SSSR count). The zero-order chi connectivity index (χ0) is 11.7. The first-order valence-corrected chi connectivity index (χ1v) is 5.05. The summed E-state index contributed by atoms with van der Waals surface area (Å²) in [5.41, 5.74) is 1.42. The van der Waals surface area contributed by atoms with Crippen molar-refractivity contribution >= 4 is 17.0 Å². The Balaban J connectivity index is 1.83. The molecule has 2 N–H and O–H groups in total. The Morgan fingerprint density at radius 3 is 3.06 bits per heavy atom. The molecule has 0 aliphatic heterocycles. The highest BCUT2D eigenvalue weighted by molar-refractivity contribution is 5.81. The van der Waals surface area contributed by atoms with Crippen LogP contribution in [0.4, 0.5) is 5.82 Å². The standard InChI is InChI=1S/C9H10N8/c1-17-5-15-6(16-17)2-10-8-7-9(12-3-11-7)14-4-13-8/h3-5H,2H2,1H3,(H2,10,11,12,13,14). The number of aryl methyl sites for hydroxylation is 1. The van der Waals surface area contributed by atoms with E-state index in [1.54, 1.807) is 17.3 Å². The van der Waals surface area contributed by atoms with E-state index in [1.807, 2.05) is 7.05 Å². The van der Waals surface area contributed by atoms with Gasteiger partial charge in [0, 0.05) is 7.05 Å². The average molecular weight is 230 g/mol. The molecule has 17 heavy (non-hydrogen) atoms. The van der Waals surface area contributed by atoms with E-state index in [1.165, 1.54) is 6.33 Å². The number of nitrogens with one attached hydrogen (secondary N) is 2. The van der Waals surface area contributed by atoms with Gasteiger partial charge in [-0.25, -0.2) is 19.9 Å². The van der Waals surface area contributed by atoms with Crippen LogP contribution in [0, 0.1) is 0 Å². The van der Waals surface area contributed by atoms with Crippen LogP contribution in [-0.2, 0) is 13.6 Å². The van der Waals surface area contributed by atoms with Gasteiger partial charge < -0.3 is 10.3 Å². The molecule has 0 unspecified atom stereocenters. The zero-order valence-electron chi connectivity index (χ0n) is 9.12. The van der Waals surface area contributed by atoms with E-state index in [0.29, 0.717) is 23.8 Å². The van der Waals surface area contributed by atoms with Gasteiger partial charge in [-0.15, -0.1) is 0 Å². The summed E-state index contributed by atoms with van der Waals surface area (Å²) in [5, 5.41) is 7.31. The van der Waals surface area contributed by atoms with Crippen molar-refractivity contribution in [2.24, 2.45) is 7.05 Å². The number of rotatable bonds is 3. The topological polar surface area (TPSA) is 97.2 Å². The molecule has 0 aromatic carbocycles. The van der Waals surface area contributed by atoms with Crippen molar-refractivity contribution < 1.29 is 0 Å². The molecule has 0 amide bonds. The van der Waals surface area contributed by atoms with Crippen LogP contribution in [0.25, 0.3) is 11.2 Å². The van der Waals surface area contributed by atoms with Crippen molar-refractivity contribution in [2.75, 3.05) is 5.32 Å². The number of imidazole rings is 1. The van der Waals surface area contributed by atoms with Crippen molar-refractivity contribution in [3.8, 4) is 0 Å². The minimum Gasteiger partial charge on any atom is -0.361 e. The van der Waals surface area contributed by atoms with E-state index < -0.39 is 0 Å². The summed E-state index contributed by atoms with van der Waals surface area (Å²) in [6, 6.07) is 0. The average Bonchev–Trinajstić information content (AvgIpc) is 2.94. The summed E-state index contributed by atoms with van der Waals surface area (Å²) in [7, 11) is 1.83. The van der Waals surface area contributed by atoms with Crippen LogP contribution in [-0.4, -0.2) is 34.7 Å². The third-order valence-corrected chi connectivity index (χ3v) is 2.28. The molecule has 3 aromatic rings. The van der Waals surface area contributed by atoms with Gasteiger partial charge in [0.05, 0.1) is 12.9 Å². The van der Waals surface area contributed by atoms with E-state index in [0.717, 1.165) is 5.52 Å². The molecule has 0 aliphatic carbocycles. The number of hydrogen-bond donors (Lipinski definition) is 2. The van der Waals surface area contributed by atoms with Gasteiger partial charge in [0.2, 0.25) is 0 Å². The van der Waals surface area contributed by atoms with Gasteiger partial charge in [0.15, 0.2) is 17.3 Å². The summed E-state index contributed by atoms with van der Waals surface area (Å²) in [5.74, 6) is 1.40. The molecule has 0 saturated heterocycles. The summed E-state index contributed by atoms with van der Waals surface area (Å²) >= 11 is 0. The molecule has 3 heterocycles. The normalized spacial score (nSPS) is 10.9. The molecule has 86 valence electrons. The zero-order valence-corrected chi connectivity index (χ0v) is 9.12. The highest BCUT2D eigenvalue weighted by Gasteiger charge is 2.06. The van der Waals surface area contributed by atoms with Crippen LogP contribution in [0.2, 0.25) is 0 Å². The maximum atomic E-state index is 4.17. The predicted molar refractivity (Wildman–Crippen MR) is 60.0 cm³/mol. The van der Waals surface area contributed by atoms with Gasteiger partial charge in [-0.2, -0.15) is 5.10 Å². The Morgan fingerprint density at radius 1 is 1.29 bits per heavy atom. The number of fused-ring (bicyclic) bond motifs is 1. The second-order valence-electron chi connectivity index (χ2n) is 3.51. The van der Waals surface area contributed by atoms with E-state index in [4.69, 9.17) is 0 Å². The number of nitrogens with zero attached hydrogens (tertiary/aromatic N) is 6. The molecule has 0 bridgehead atoms. The van der Waals surface area contributed by atoms with Crippen molar-refractivity contribution in [2.45, 2.75) is 6.54 Å². The molecule has 0 fully saturated rings. The fourth-order valence-electron chi connectivity index (χ4n) is 1.53. The van der Waals surface area contributed by atoms with Crippen LogP contribution in [0.5, 0.6) is 0 Å². The highest BCUT2D eigenvalue weighted by Crippen LogP contribution is 2.14. The second-order valence-corrected chi connectivity index (χ2v) is 3.51. The lowest BCUT2D eigenvalue weighted by molar-refractivity contribution is 0.747. The van der Waals surface area contributed by atoms with Crippen LogP contribution in [0.3, 0.4) is 0 Å². The second kappa shape index (κ2) is 3.81. The summed E-state index contributed by atoms with van der Waals surface area (Å²) in [6.07, 6.45) is 4.71. The molecule has 0 saturated carbocycles. The minimum atomic E-state index is 0.506. The molecule has 8 heteroatoms. The number of H-pyrrole nitrogens is 1. The van der Waals surface area contributed by atoms with Crippen molar-refractivity contribution in [1.29, 1.82) is 0 Å². The van der Waals surface area contributed by atoms with Gasteiger partial charge in [0.1, 0.15) is 18.2 Å². The Hall–Kier alpha value is -2.51. The smallest absolute Gasteiger partial charge is 0.182 e. The largest absolute Gasteiger partial charge is 0.361 e. The first-order chi connectivity index (χ1) is 8.33. The van der Waals surface area contributed by atoms with Crippen LogP contribution >= 0.6 is 0 Å². The van der Waals surface area contributed by atoms with Gasteiger partial charge >= 0.3 is 0 Å². The molecule has 0 radical (unpaired) electrons. The minimum absolute atomic E-state index is 0.506. The number of hydrogen-bond acceptors (Lipinski definition) is 6. The highest BCUT2D eigenvalue weighted by atomic mass is 15.3. The van der Waals surface area contributed by atoms with Crippen LogP contribution in [0.15, 0.2) is 19.0 Å². The first-order valence-electron chi connectivity index (χ1n) is 5.05. The first kappa shape index (κ1) is 9.70. The monoisotopic (exact) mass is 230 g/mol. The van der Waals surface area contributed by atoms with E-state index in [-0.39, 0.29) is 0 Å². The Kier molecular flexibility index (Phi) is 2.18. The quantitative estimate of drug-likeness (QED) is 0.662. The summed E-state index contributed by atoms with van der Waals surface area (Å²) in [4.78, 5) is 19.3. The van der Waals surface area contributed by atoms with E-state index in [2.05, 4.69) is 35.3 Å². The Morgan fingerprint density at radius 2 is 2.24 bits per heavy atom. The molecule has 8 nitrogen and oxygen atoms in total. The van der Waals surface area contributed by atoms with Gasteiger partial charge in [0.25, 0.3) is 0 Å². The SMILES string of the molecule is Cn1cnc(CNc2ncnc3nc[nH]c23)n1. The maximum Gasteiger partial charge on any atom is 0.182 e. The summed E-state index contributed by atoms with van der Waals surface area (Å²) < 4.78 is 1.66. The van der Waals surface area contributed by atoms with Crippen LogP contribution in [0.1, 0.15) is 5.82 Å². The maximum absolute atomic E-state index is 4.17. The van der Waals surface area contributed by atoms with Crippen molar-refractivity contribution in [3.05, 3.63) is 24.8 Å². The molecule has 0 aliphatic rings. The van der Waals surface area contributed by atoms with E-state index >= 15 is 0 Å². The Labute approximate surface area is 96.1 Å². The van der Waals surface area contributed by atoms with Gasteiger partial charge in [-0.05, 0) is 0 Å². The van der Waals surface area contributed by atoms with Crippen LogP contribution < -0.4 is 5.32 Å². The molecule has 0 atom stereocenters. The third kappa shape index (κ3) is 1.80. The fraction of sp³-hybridized carbons (Fsp3) is 0.222. The van der Waals surface area contributed by atoms with E-state index in [9.17, 15) is 0 Å². The molecular weight excluding hydrogens is 220 g/mol. The fourth-order valence-corrected chi connectivity index (χ4v) is 1.53. The van der Waals surface area contributed by atoms with Crippen molar-refractivity contribution in [3.63, 3.8) is 0 Å². The number of aromatic amines is 1. The van der Waals surface area contributed by atoms with Crippen molar-refractivity contribution in [1.82, 2.24) is 34.7 Å².